The summed E-state index contributed by atoms with van der Waals surface area (Å²) in [6.45, 7) is 3.97. The van der Waals surface area contributed by atoms with Crippen molar-refractivity contribution in [3.05, 3.63) is 34.9 Å². The molecule has 1 N–H and O–H groups in total. The van der Waals surface area contributed by atoms with Crippen LogP contribution in [0.2, 0.25) is 0 Å². The Balaban J connectivity index is 2.11. The van der Waals surface area contributed by atoms with E-state index < -0.39 is 17.2 Å². The molecule has 2 heterocycles. The Bertz CT molecular complexity index is 491. The number of aryl methyl sites for hydroxylation is 1. The highest BCUT2D eigenvalue weighted by Crippen LogP contribution is 2.44. The minimum Gasteiger partial charge on any atom is -0.385 e. The second-order valence-corrected chi connectivity index (χ2v) is 5.51. The van der Waals surface area contributed by atoms with E-state index in [1.807, 2.05) is 0 Å². The van der Waals surface area contributed by atoms with Crippen molar-refractivity contribution in [3.8, 4) is 0 Å². The fraction of sp³-hybridized carbons (Fsp3) is 0.571. The smallest absolute Gasteiger partial charge is 0.135 e. The molecule has 98 valence electrons. The molecular weight excluding hydrogens is 236 g/mol. The normalized spacial score (nSPS) is 34.9. The number of halogens is 2. The van der Waals surface area contributed by atoms with E-state index in [2.05, 4.69) is 4.90 Å². The van der Waals surface area contributed by atoms with Gasteiger partial charge >= 0.3 is 0 Å². The lowest BCUT2D eigenvalue weighted by molar-refractivity contribution is -0.0555. The molecule has 3 rings (SSSR count). The molecule has 0 saturated carbocycles. The third kappa shape index (κ3) is 1.59. The second-order valence-electron chi connectivity index (χ2n) is 5.51. The number of piperidine rings is 1. The van der Waals surface area contributed by atoms with Gasteiger partial charge in [0.1, 0.15) is 17.2 Å². The predicted molar refractivity (Wildman–Crippen MR) is 64.2 cm³/mol. The third-order valence-electron chi connectivity index (χ3n) is 4.47. The van der Waals surface area contributed by atoms with E-state index in [9.17, 15) is 13.9 Å². The van der Waals surface area contributed by atoms with Crippen LogP contribution in [0, 0.1) is 24.5 Å². The van der Waals surface area contributed by atoms with Gasteiger partial charge in [0.2, 0.25) is 0 Å². The molecule has 3 atom stereocenters. The molecule has 18 heavy (non-hydrogen) atoms. The molecule has 0 radical (unpaired) electrons. The Kier molecular flexibility index (Phi) is 2.68. The molecule has 2 nitrogen and oxygen atoms in total. The minimum absolute atomic E-state index is 0.0583. The van der Waals surface area contributed by atoms with Crippen LogP contribution in [0.25, 0.3) is 0 Å². The van der Waals surface area contributed by atoms with Gasteiger partial charge in [0, 0.05) is 19.0 Å². The van der Waals surface area contributed by atoms with E-state index in [1.165, 1.54) is 12.1 Å². The summed E-state index contributed by atoms with van der Waals surface area (Å²) < 4.78 is 28.2. The van der Waals surface area contributed by atoms with Gasteiger partial charge in [0.05, 0.1) is 5.56 Å². The first-order valence-electron chi connectivity index (χ1n) is 6.42. The number of rotatable bonds is 1. The largest absolute Gasteiger partial charge is 0.385 e. The van der Waals surface area contributed by atoms with Crippen LogP contribution in [0.5, 0.6) is 0 Å². The van der Waals surface area contributed by atoms with E-state index in [1.54, 1.807) is 6.92 Å². The van der Waals surface area contributed by atoms with Crippen LogP contribution in [0.3, 0.4) is 0 Å². The second kappa shape index (κ2) is 4.00. The summed E-state index contributed by atoms with van der Waals surface area (Å²) in [4.78, 5) is 2.24. The molecule has 0 aromatic heterocycles. The third-order valence-corrected chi connectivity index (χ3v) is 4.47. The Labute approximate surface area is 105 Å². The van der Waals surface area contributed by atoms with Gasteiger partial charge < -0.3 is 10.0 Å². The molecule has 4 heteroatoms. The maximum absolute atomic E-state index is 14.2. The standard InChI is InChI=1S/C14H17F2NO/c1-9-2-3-11(15)12(13(9)16)14(18)5-7-17-6-4-10(14)8-17/h2-3,10,18H,4-8H2,1H3. The fourth-order valence-corrected chi connectivity index (χ4v) is 3.34. The molecule has 2 fully saturated rings. The first kappa shape index (κ1) is 12.1. The van der Waals surface area contributed by atoms with Gasteiger partial charge in [-0.1, -0.05) is 6.07 Å². The summed E-state index contributed by atoms with van der Waals surface area (Å²) in [7, 11) is 0. The lowest BCUT2D eigenvalue weighted by Gasteiger charge is -2.39. The Morgan fingerprint density at radius 3 is 2.89 bits per heavy atom. The molecule has 2 aliphatic rings. The summed E-state index contributed by atoms with van der Waals surface area (Å²) in [5, 5.41) is 10.8. The average Bonchev–Trinajstić information content (AvgIpc) is 2.75. The van der Waals surface area contributed by atoms with Gasteiger partial charge in [0.15, 0.2) is 0 Å². The van der Waals surface area contributed by atoms with Crippen molar-refractivity contribution in [3.63, 3.8) is 0 Å². The van der Waals surface area contributed by atoms with Gasteiger partial charge in [-0.05, 0) is 37.9 Å². The maximum atomic E-state index is 14.2. The van der Waals surface area contributed by atoms with Gasteiger partial charge in [-0.2, -0.15) is 0 Å². The number of hydrogen-bond acceptors (Lipinski definition) is 2. The number of hydrogen-bond donors (Lipinski definition) is 1. The summed E-state index contributed by atoms with van der Waals surface area (Å²) >= 11 is 0. The minimum atomic E-state index is -1.34. The molecule has 2 aliphatic heterocycles. The number of aliphatic hydroxyl groups is 1. The van der Waals surface area contributed by atoms with Crippen molar-refractivity contribution >= 4 is 0 Å². The summed E-state index contributed by atoms with van der Waals surface area (Å²) in [6.07, 6.45) is 1.22. The topological polar surface area (TPSA) is 23.5 Å². The molecule has 0 amide bonds. The Morgan fingerprint density at radius 1 is 1.33 bits per heavy atom. The van der Waals surface area contributed by atoms with Crippen LogP contribution in [0.4, 0.5) is 8.78 Å². The molecule has 0 spiro atoms. The van der Waals surface area contributed by atoms with Crippen molar-refractivity contribution in [2.45, 2.75) is 25.4 Å². The van der Waals surface area contributed by atoms with Gasteiger partial charge in [-0.15, -0.1) is 0 Å². The van der Waals surface area contributed by atoms with E-state index in [-0.39, 0.29) is 11.5 Å². The highest BCUT2D eigenvalue weighted by atomic mass is 19.1. The predicted octanol–water partition coefficient (Wildman–Crippen LogP) is 2.19. The molecule has 2 saturated heterocycles. The monoisotopic (exact) mass is 253 g/mol. The van der Waals surface area contributed by atoms with E-state index in [0.717, 1.165) is 19.5 Å². The number of fused-ring (bicyclic) bond motifs is 2. The fourth-order valence-electron chi connectivity index (χ4n) is 3.34. The van der Waals surface area contributed by atoms with E-state index in [0.29, 0.717) is 18.5 Å². The zero-order valence-corrected chi connectivity index (χ0v) is 10.4. The lowest BCUT2D eigenvalue weighted by Crippen LogP contribution is -2.45. The average molecular weight is 253 g/mol. The number of benzene rings is 1. The van der Waals surface area contributed by atoms with E-state index >= 15 is 0 Å². The zero-order chi connectivity index (χ0) is 12.9. The van der Waals surface area contributed by atoms with Gasteiger partial charge in [-0.3, -0.25) is 0 Å². The Morgan fingerprint density at radius 2 is 2.11 bits per heavy atom. The lowest BCUT2D eigenvalue weighted by atomic mass is 9.76. The van der Waals surface area contributed by atoms with Crippen LogP contribution < -0.4 is 0 Å². The first-order chi connectivity index (χ1) is 8.52. The van der Waals surface area contributed by atoms with Crippen molar-refractivity contribution in [1.82, 2.24) is 4.90 Å². The SMILES string of the molecule is Cc1ccc(F)c(C2(O)CCN3CCC2C3)c1F. The van der Waals surface area contributed by atoms with Crippen LogP contribution in [-0.2, 0) is 5.60 Å². The zero-order valence-electron chi connectivity index (χ0n) is 10.4. The van der Waals surface area contributed by atoms with E-state index in [4.69, 9.17) is 0 Å². The maximum Gasteiger partial charge on any atom is 0.135 e. The van der Waals surface area contributed by atoms with Crippen LogP contribution >= 0.6 is 0 Å². The highest BCUT2D eigenvalue weighted by Gasteiger charge is 2.48. The number of nitrogens with zero attached hydrogens (tertiary/aromatic N) is 1. The summed E-state index contributed by atoms with van der Waals surface area (Å²) in [5.74, 6) is -1.27. The van der Waals surface area contributed by atoms with Crippen LogP contribution in [-0.4, -0.2) is 29.6 Å². The first-order valence-corrected chi connectivity index (χ1v) is 6.42. The molecular formula is C14H17F2NO. The summed E-state index contributed by atoms with van der Waals surface area (Å²) in [6, 6.07) is 2.67. The summed E-state index contributed by atoms with van der Waals surface area (Å²) in [5.41, 5.74) is -1.07. The van der Waals surface area contributed by atoms with Crippen molar-refractivity contribution in [2.24, 2.45) is 5.92 Å². The Hall–Kier alpha value is -1.00. The van der Waals surface area contributed by atoms with Crippen molar-refractivity contribution < 1.29 is 13.9 Å². The molecule has 2 bridgehead atoms. The van der Waals surface area contributed by atoms with Crippen molar-refractivity contribution in [1.29, 1.82) is 0 Å². The van der Waals surface area contributed by atoms with Crippen LogP contribution in [0.15, 0.2) is 12.1 Å². The van der Waals surface area contributed by atoms with Gasteiger partial charge in [0.25, 0.3) is 0 Å². The molecule has 1 aromatic carbocycles. The molecule has 1 aromatic rings. The van der Waals surface area contributed by atoms with Crippen molar-refractivity contribution in [2.75, 3.05) is 19.6 Å². The quantitative estimate of drug-likeness (QED) is 0.829. The van der Waals surface area contributed by atoms with Gasteiger partial charge in [-0.25, -0.2) is 8.78 Å². The van der Waals surface area contributed by atoms with Crippen LogP contribution in [0.1, 0.15) is 24.0 Å². The molecule has 3 unspecified atom stereocenters. The highest BCUT2D eigenvalue weighted by molar-refractivity contribution is 5.33. The molecule has 0 aliphatic carbocycles.